The number of piperidine rings is 1. The molecule has 1 aromatic carbocycles. The lowest BCUT2D eigenvalue weighted by Gasteiger charge is -2.31. The molecule has 212 valence electrons. The predicted molar refractivity (Wildman–Crippen MR) is 151 cm³/mol. The minimum Gasteiger partial charge on any atom is -0.367 e. The maximum atomic E-state index is 12.8. The number of hydrogen-bond acceptors (Lipinski definition) is 7. The monoisotopic (exact) mass is 580 g/mol. The number of primary amides is 1. The highest BCUT2D eigenvalue weighted by Gasteiger charge is 2.30. The van der Waals surface area contributed by atoms with Gasteiger partial charge in [-0.05, 0) is 60.7 Å². The number of nitrogens with zero attached hydrogens (tertiary/aromatic N) is 5. The Morgan fingerprint density at radius 1 is 1.10 bits per heavy atom. The van der Waals surface area contributed by atoms with E-state index in [1.165, 1.54) is 6.07 Å². The lowest BCUT2D eigenvalue weighted by molar-refractivity contribution is -0.137. The molecule has 0 saturated carbocycles. The van der Waals surface area contributed by atoms with E-state index >= 15 is 0 Å². The van der Waals surface area contributed by atoms with Crippen molar-refractivity contribution in [3.8, 4) is 17.2 Å². The van der Waals surface area contributed by atoms with Crippen molar-refractivity contribution in [3.63, 3.8) is 0 Å². The van der Waals surface area contributed by atoms with Gasteiger partial charge >= 0.3 is 12.2 Å². The van der Waals surface area contributed by atoms with Crippen molar-refractivity contribution in [3.05, 3.63) is 72.2 Å². The Bertz CT molecular complexity index is 1560. The summed E-state index contributed by atoms with van der Waals surface area (Å²) >= 11 is 1.67. The molecular formula is C28H27F3N8OS. The Morgan fingerprint density at radius 2 is 1.85 bits per heavy atom. The molecule has 4 heterocycles. The van der Waals surface area contributed by atoms with Crippen molar-refractivity contribution >= 4 is 34.8 Å². The molecule has 0 radical (unpaired) electrons. The van der Waals surface area contributed by atoms with Gasteiger partial charge in [0.25, 0.3) is 0 Å². The Morgan fingerprint density at radius 3 is 2.49 bits per heavy atom. The summed E-state index contributed by atoms with van der Waals surface area (Å²) in [6, 6.07) is 14.3. The molecule has 3 aromatic heterocycles. The van der Waals surface area contributed by atoms with Crippen LogP contribution in [0.3, 0.4) is 0 Å². The molecule has 41 heavy (non-hydrogen) atoms. The number of anilines is 1. The molecule has 0 unspecified atom stereocenters. The molecule has 1 aliphatic rings. The molecule has 0 atom stereocenters. The van der Waals surface area contributed by atoms with Crippen molar-refractivity contribution in [1.82, 2.24) is 24.2 Å². The van der Waals surface area contributed by atoms with Crippen molar-refractivity contribution < 1.29 is 18.0 Å². The Hall–Kier alpha value is -4.28. The number of amides is 2. The second-order valence-electron chi connectivity index (χ2n) is 9.63. The van der Waals surface area contributed by atoms with E-state index in [0.717, 1.165) is 59.6 Å². The maximum Gasteiger partial charge on any atom is 0.417 e. The van der Waals surface area contributed by atoms with Gasteiger partial charge in [0, 0.05) is 66.7 Å². The number of halogens is 3. The standard InChI is InChI=1S/C28H27F3N8OS/c29-28(30,31)21-3-6-25(35-16-21)37-22-7-10-39(11-8-22)41-23-4-1-18(2-5-23)19-13-24-20(14-32)17-38(26(24)36-15-19)12-9-34-27(33)40/h1-6,13,15-17,22H,7-12H2,(H,35,37)(H3,33,34,40). The highest BCUT2D eigenvalue weighted by Crippen LogP contribution is 2.32. The number of pyridine rings is 2. The molecular weight excluding hydrogens is 553 g/mol. The lowest BCUT2D eigenvalue weighted by Crippen LogP contribution is -2.35. The van der Waals surface area contributed by atoms with Crippen LogP contribution in [0.2, 0.25) is 0 Å². The summed E-state index contributed by atoms with van der Waals surface area (Å²) in [6.07, 6.45) is 1.65. The molecule has 1 saturated heterocycles. The molecule has 4 N–H and O–H groups in total. The second-order valence-corrected chi connectivity index (χ2v) is 10.8. The number of urea groups is 1. The quantitative estimate of drug-likeness (QED) is 0.244. The first-order valence-electron chi connectivity index (χ1n) is 12.9. The Balaban J connectivity index is 1.17. The third-order valence-electron chi connectivity index (χ3n) is 6.81. The number of fused-ring (bicyclic) bond motifs is 1. The number of nitriles is 1. The van der Waals surface area contributed by atoms with Crippen LogP contribution in [0, 0.1) is 11.3 Å². The van der Waals surface area contributed by atoms with Gasteiger partial charge in [0.1, 0.15) is 17.5 Å². The molecule has 13 heteroatoms. The summed E-state index contributed by atoms with van der Waals surface area (Å²) in [7, 11) is 0. The van der Waals surface area contributed by atoms with Crippen LogP contribution in [0.1, 0.15) is 24.0 Å². The molecule has 0 spiro atoms. The van der Waals surface area contributed by atoms with E-state index in [0.29, 0.717) is 30.1 Å². The van der Waals surface area contributed by atoms with Crippen LogP contribution in [0.4, 0.5) is 23.8 Å². The first-order chi connectivity index (χ1) is 19.7. The number of nitrogens with one attached hydrogen (secondary N) is 2. The number of carbonyl (C=O) groups excluding carboxylic acids is 1. The van der Waals surface area contributed by atoms with Gasteiger partial charge in [0.15, 0.2) is 0 Å². The summed E-state index contributed by atoms with van der Waals surface area (Å²) in [5.74, 6) is 0.450. The van der Waals surface area contributed by atoms with Gasteiger partial charge in [0.05, 0.1) is 11.1 Å². The minimum absolute atomic E-state index is 0.147. The van der Waals surface area contributed by atoms with Gasteiger partial charge in [-0.15, -0.1) is 0 Å². The van der Waals surface area contributed by atoms with Crippen LogP contribution in [0.15, 0.2) is 66.0 Å². The number of alkyl halides is 3. The topological polar surface area (TPSA) is 125 Å². The smallest absolute Gasteiger partial charge is 0.367 e. The minimum atomic E-state index is -4.39. The van der Waals surface area contributed by atoms with Gasteiger partial charge in [-0.2, -0.15) is 18.4 Å². The number of carbonyl (C=O) groups is 1. The van der Waals surface area contributed by atoms with Gasteiger partial charge < -0.3 is 20.9 Å². The van der Waals surface area contributed by atoms with E-state index in [1.807, 2.05) is 34.9 Å². The number of nitrogens with two attached hydrogens (primary N) is 1. The third kappa shape index (κ3) is 6.90. The van der Waals surface area contributed by atoms with Crippen LogP contribution >= 0.6 is 11.9 Å². The molecule has 0 aliphatic carbocycles. The number of aromatic nitrogens is 3. The zero-order valence-corrected chi connectivity index (χ0v) is 22.7. The first-order valence-corrected chi connectivity index (χ1v) is 13.7. The lowest BCUT2D eigenvalue weighted by atomic mass is 10.1. The van der Waals surface area contributed by atoms with E-state index in [9.17, 15) is 23.2 Å². The highest BCUT2D eigenvalue weighted by atomic mass is 32.2. The van der Waals surface area contributed by atoms with E-state index in [4.69, 9.17) is 5.73 Å². The molecule has 4 aromatic rings. The van der Waals surface area contributed by atoms with E-state index in [2.05, 4.69) is 31.0 Å². The number of hydrogen-bond donors (Lipinski definition) is 3. The van der Waals surface area contributed by atoms with E-state index in [-0.39, 0.29) is 6.04 Å². The highest BCUT2D eigenvalue weighted by molar-refractivity contribution is 7.97. The zero-order chi connectivity index (χ0) is 29.0. The average molecular weight is 581 g/mol. The number of rotatable bonds is 8. The fourth-order valence-corrected chi connectivity index (χ4v) is 5.64. The van der Waals surface area contributed by atoms with Crippen molar-refractivity contribution in [1.29, 1.82) is 5.26 Å². The van der Waals surface area contributed by atoms with Crippen LogP contribution in [0.5, 0.6) is 0 Å². The average Bonchev–Trinajstić information content (AvgIpc) is 3.31. The summed E-state index contributed by atoms with van der Waals surface area (Å²) in [5.41, 5.74) is 7.41. The SMILES string of the molecule is N#Cc1cn(CCNC(N)=O)c2ncc(-c3ccc(SN4CCC(Nc5ccc(C(F)(F)F)cn5)CC4)cc3)cc12. The van der Waals surface area contributed by atoms with Crippen molar-refractivity contribution in [2.75, 3.05) is 25.0 Å². The third-order valence-corrected chi connectivity index (χ3v) is 7.91. The molecule has 1 fully saturated rings. The van der Waals surface area contributed by atoms with Gasteiger partial charge in [-0.3, -0.25) is 0 Å². The second kappa shape index (κ2) is 12.1. The summed E-state index contributed by atoms with van der Waals surface area (Å²) < 4.78 is 42.4. The van der Waals surface area contributed by atoms with Crippen molar-refractivity contribution in [2.24, 2.45) is 5.73 Å². The summed E-state index contributed by atoms with van der Waals surface area (Å²) in [6.45, 7) is 2.43. The van der Waals surface area contributed by atoms with E-state index < -0.39 is 17.8 Å². The first kappa shape index (κ1) is 28.3. The fourth-order valence-electron chi connectivity index (χ4n) is 4.69. The summed E-state index contributed by atoms with van der Waals surface area (Å²) in [4.78, 5) is 20.5. The van der Waals surface area contributed by atoms with Crippen LogP contribution < -0.4 is 16.4 Å². The fraction of sp³-hybridized carbons (Fsp3) is 0.286. The molecule has 0 bridgehead atoms. The van der Waals surface area contributed by atoms with E-state index in [1.54, 1.807) is 24.3 Å². The number of benzene rings is 1. The normalized spacial score (nSPS) is 14.6. The van der Waals surface area contributed by atoms with Crippen LogP contribution in [-0.4, -0.2) is 50.5 Å². The van der Waals surface area contributed by atoms with Gasteiger partial charge in [-0.1, -0.05) is 12.1 Å². The maximum absolute atomic E-state index is 12.8. The molecule has 1 aliphatic heterocycles. The summed E-state index contributed by atoms with van der Waals surface area (Å²) in [5, 5.41) is 16.1. The van der Waals surface area contributed by atoms with Crippen LogP contribution in [-0.2, 0) is 12.7 Å². The largest absolute Gasteiger partial charge is 0.417 e. The molecule has 2 amide bonds. The predicted octanol–water partition coefficient (Wildman–Crippen LogP) is 5.24. The Kier molecular flexibility index (Phi) is 8.32. The van der Waals surface area contributed by atoms with Crippen molar-refractivity contribution in [2.45, 2.75) is 36.5 Å². The van der Waals surface area contributed by atoms with Crippen LogP contribution in [0.25, 0.3) is 22.2 Å². The zero-order valence-electron chi connectivity index (χ0n) is 21.9. The van der Waals surface area contributed by atoms with Gasteiger partial charge in [-0.25, -0.2) is 19.1 Å². The molecule has 5 rings (SSSR count). The molecule has 9 nitrogen and oxygen atoms in total. The van der Waals surface area contributed by atoms with Gasteiger partial charge in [0.2, 0.25) is 0 Å². The Labute approximate surface area is 238 Å².